The van der Waals surface area contributed by atoms with E-state index >= 15 is 0 Å². The summed E-state index contributed by atoms with van der Waals surface area (Å²) in [5.74, 6) is -0.853. The number of hydrogen-bond acceptors (Lipinski definition) is 5. The predicted octanol–water partition coefficient (Wildman–Crippen LogP) is 4.51. The Bertz CT molecular complexity index is 1130. The molecule has 0 aromatic heterocycles. The lowest BCUT2D eigenvalue weighted by Crippen LogP contribution is -2.21. The molecule has 1 amide bonds. The van der Waals surface area contributed by atoms with Crippen molar-refractivity contribution in [2.75, 3.05) is 13.2 Å². The number of ketones is 1. The number of aryl methyl sites for hydroxylation is 1. The first-order valence-corrected chi connectivity index (χ1v) is 10.9. The average molecular weight is 464 g/mol. The molecule has 0 radical (unpaired) electrons. The monoisotopic (exact) mass is 463 g/mol. The Kier molecular flexibility index (Phi) is 8.91. The van der Waals surface area contributed by atoms with Crippen LogP contribution in [0.1, 0.15) is 45.2 Å². The van der Waals surface area contributed by atoms with Gasteiger partial charge in [-0.1, -0.05) is 42.5 Å². The molecule has 3 aromatic rings. The van der Waals surface area contributed by atoms with Crippen molar-refractivity contribution >= 4 is 17.7 Å². The standard InChI is InChI=1S/C27H26FNO5/c1-19(30)29-15-3-4-20-7-11-22(12-8-20)26(31)18-34-27(32)23-5-2-6-25(16-23)33-17-21-9-13-24(28)14-10-21/h2,5-14,16H,3-4,15,17-18H2,1H3,(H,29,30). The van der Waals surface area contributed by atoms with Crippen LogP contribution in [0.3, 0.4) is 0 Å². The lowest BCUT2D eigenvalue weighted by atomic mass is 10.1. The highest BCUT2D eigenvalue weighted by Gasteiger charge is 2.13. The Hall–Kier alpha value is -4.00. The van der Waals surface area contributed by atoms with Crippen LogP contribution in [-0.2, 0) is 22.6 Å². The van der Waals surface area contributed by atoms with E-state index in [1.807, 2.05) is 12.1 Å². The molecule has 176 valence electrons. The summed E-state index contributed by atoms with van der Waals surface area (Å²) >= 11 is 0. The maximum Gasteiger partial charge on any atom is 0.338 e. The average Bonchev–Trinajstić information content (AvgIpc) is 2.85. The van der Waals surface area contributed by atoms with Gasteiger partial charge in [0.2, 0.25) is 5.91 Å². The summed E-state index contributed by atoms with van der Waals surface area (Å²) in [5.41, 5.74) is 2.56. The van der Waals surface area contributed by atoms with Crippen LogP contribution in [0.2, 0.25) is 0 Å². The summed E-state index contributed by atoms with van der Waals surface area (Å²) in [7, 11) is 0. The Morgan fingerprint density at radius 3 is 2.29 bits per heavy atom. The molecule has 0 aliphatic carbocycles. The minimum atomic E-state index is -0.629. The molecule has 0 unspecified atom stereocenters. The highest BCUT2D eigenvalue weighted by atomic mass is 19.1. The summed E-state index contributed by atoms with van der Waals surface area (Å²) in [6, 6.07) is 19.5. The second-order valence-electron chi connectivity index (χ2n) is 7.73. The molecule has 0 fully saturated rings. The fourth-order valence-corrected chi connectivity index (χ4v) is 3.17. The molecule has 0 spiro atoms. The highest BCUT2D eigenvalue weighted by molar-refractivity contribution is 5.99. The number of nitrogens with one attached hydrogen (secondary N) is 1. The van der Waals surface area contributed by atoms with E-state index in [1.54, 1.807) is 42.5 Å². The minimum Gasteiger partial charge on any atom is -0.489 e. The third-order valence-corrected chi connectivity index (χ3v) is 5.01. The van der Waals surface area contributed by atoms with Crippen molar-refractivity contribution in [1.29, 1.82) is 0 Å². The molecular formula is C27H26FNO5. The molecule has 3 rings (SSSR count). The van der Waals surface area contributed by atoms with Crippen LogP contribution in [0.5, 0.6) is 5.75 Å². The molecule has 3 aromatic carbocycles. The van der Waals surface area contributed by atoms with Gasteiger partial charge in [0, 0.05) is 19.0 Å². The number of Topliss-reactive ketones (excluding diaryl/α,β-unsaturated/α-hetero) is 1. The fraction of sp³-hybridized carbons (Fsp3) is 0.222. The molecular weight excluding hydrogens is 437 g/mol. The van der Waals surface area contributed by atoms with Crippen molar-refractivity contribution < 1.29 is 28.2 Å². The maximum atomic E-state index is 13.0. The molecule has 0 bridgehead atoms. The van der Waals surface area contributed by atoms with Crippen LogP contribution in [0, 0.1) is 5.82 Å². The predicted molar refractivity (Wildman–Crippen MR) is 125 cm³/mol. The van der Waals surface area contributed by atoms with Gasteiger partial charge in [0.25, 0.3) is 0 Å². The zero-order valence-corrected chi connectivity index (χ0v) is 18.9. The van der Waals surface area contributed by atoms with Gasteiger partial charge in [0.1, 0.15) is 18.2 Å². The number of benzene rings is 3. The summed E-state index contributed by atoms with van der Waals surface area (Å²) < 4.78 is 23.8. The van der Waals surface area contributed by atoms with Crippen LogP contribution in [0.15, 0.2) is 72.8 Å². The lowest BCUT2D eigenvalue weighted by molar-refractivity contribution is -0.118. The minimum absolute atomic E-state index is 0.0558. The zero-order chi connectivity index (χ0) is 24.3. The van der Waals surface area contributed by atoms with Gasteiger partial charge in [-0.25, -0.2) is 9.18 Å². The molecule has 7 heteroatoms. The van der Waals surface area contributed by atoms with Crippen molar-refractivity contribution in [2.45, 2.75) is 26.4 Å². The van der Waals surface area contributed by atoms with E-state index in [-0.39, 0.29) is 36.3 Å². The molecule has 34 heavy (non-hydrogen) atoms. The van der Waals surface area contributed by atoms with Crippen LogP contribution in [0.25, 0.3) is 0 Å². The number of halogens is 1. The van der Waals surface area contributed by atoms with Crippen molar-refractivity contribution in [3.05, 3.63) is 101 Å². The second-order valence-corrected chi connectivity index (χ2v) is 7.73. The van der Waals surface area contributed by atoms with Gasteiger partial charge in [-0.15, -0.1) is 0 Å². The first kappa shape index (κ1) is 24.6. The van der Waals surface area contributed by atoms with Crippen molar-refractivity contribution in [3.8, 4) is 5.75 Å². The quantitative estimate of drug-likeness (QED) is 0.257. The normalized spacial score (nSPS) is 10.4. The van der Waals surface area contributed by atoms with Crippen molar-refractivity contribution in [1.82, 2.24) is 5.32 Å². The van der Waals surface area contributed by atoms with Crippen LogP contribution < -0.4 is 10.1 Å². The van der Waals surface area contributed by atoms with Crippen LogP contribution in [0.4, 0.5) is 4.39 Å². The smallest absolute Gasteiger partial charge is 0.338 e. The summed E-state index contributed by atoms with van der Waals surface area (Å²) in [4.78, 5) is 35.7. The molecule has 0 saturated heterocycles. The number of ether oxygens (including phenoxy) is 2. The first-order valence-electron chi connectivity index (χ1n) is 10.9. The molecule has 0 atom stereocenters. The van der Waals surface area contributed by atoms with E-state index in [2.05, 4.69) is 5.32 Å². The maximum absolute atomic E-state index is 13.0. The van der Waals surface area contributed by atoms with Gasteiger partial charge >= 0.3 is 5.97 Å². The molecule has 6 nitrogen and oxygen atoms in total. The van der Waals surface area contributed by atoms with Gasteiger partial charge in [0.05, 0.1) is 5.56 Å². The van der Waals surface area contributed by atoms with Gasteiger partial charge in [-0.2, -0.15) is 0 Å². The number of hydrogen-bond donors (Lipinski definition) is 1. The largest absolute Gasteiger partial charge is 0.489 e. The molecule has 0 aliphatic rings. The first-order chi connectivity index (χ1) is 16.4. The van der Waals surface area contributed by atoms with E-state index in [0.29, 0.717) is 17.9 Å². The third kappa shape index (κ3) is 7.85. The highest BCUT2D eigenvalue weighted by Crippen LogP contribution is 2.17. The summed E-state index contributed by atoms with van der Waals surface area (Å²) in [6.45, 7) is 1.93. The summed E-state index contributed by atoms with van der Waals surface area (Å²) in [6.07, 6.45) is 1.58. The molecule has 0 saturated carbocycles. The zero-order valence-electron chi connectivity index (χ0n) is 18.9. The number of esters is 1. The van der Waals surface area contributed by atoms with E-state index in [1.165, 1.54) is 25.1 Å². The van der Waals surface area contributed by atoms with Gasteiger partial charge in [-0.05, 0) is 54.3 Å². The van der Waals surface area contributed by atoms with Gasteiger partial charge < -0.3 is 14.8 Å². The van der Waals surface area contributed by atoms with Gasteiger partial charge in [0.15, 0.2) is 12.4 Å². The number of carbonyl (C=O) groups excluding carboxylic acids is 3. The van der Waals surface area contributed by atoms with Crippen molar-refractivity contribution in [2.24, 2.45) is 0 Å². The Balaban J connectivity index is 1.47. The second kappa shape index (κ2) is 12.3. The van der Waals surface area contributed by atoms with Crippen molar-refractivity contribution in [3.63, 3.8) is 0 Å². The number of rotatable bonds is 11. The third-order valence-electron chi connectivity index (χ3n) is 5.01. The van der Waals surface area contributed by atoms with E-state index in [4.69, 9.17) is 9.47 Å². The fourth-order valence-electron chi connectivity index (χ4n) is 3.17. The topological polar surface area (TPSA) is 81.7 Å². The number of amides is 1. The molecule has 0 heterocycles. The van der Waals surface area contributed by atoms with Crippen LogP contribution >= 0.6 is 0 Å². The lowest BCUT2D eigenvalue weighted by Gasteiger charge is -2.09. The summed E-state index contributed by atoms with van der Waals surface area (Å²) in [5, 5.41) is 2.74. The Morgan fingerprint density at radius 1 is 0.882 bits per heavy atom. The van der Waals surface area contributed by atoms with Gasteiger partial charge in [-0.3, -0.25) is 9.59 Å². The van der Waals surface area contributed by atoms with E-state index in [0.717, 1.165) is 24.0 Å². The number of carbonyl (C=O) groups is 3. The van der Waals surface area contributed by atoms with Crippen LogP contribution in [-0.4, -0.2) is 30.8 Å². The molecule has 0 aliphatic heterocycles. The SMILES string of the molecule is CC(=O)NCCCc1ccc(C(=O)COC(=O)c2cccc(OCc3ccc(F)cc3)c2)cc1. The van der Waals surface area contributed by atoms with E-state index in [9.17, 15) is 18.8 Å². The Labute approximate surface area is 197 Å². The Morgan fingerprint density at radius 2 is 1.59 bits per heavy atom. The van der Waals surface area contributed by atoms with E-state index < -0.39 is 5.97 Å². The molecule has 1 N–H and O–H groups in total.